The SMILES string of the molecule is CCOC[SiH2]OC(=O)C(C)O. The molecule has 0 rings (SSSR count). The fourth-order valence-electron chi connectivity index (χ4n) is 0.466. The van der Waals surface area contributed by atoms with E-state index in [0.717, 1.165) is 0 Å². The first kappa shape index (κ1) is 10.6. The van der Waals surface area contributed by atoms with Crippen LogP contribution >= 0.6 is 0 Å². The first-order valence-electron chi connectivity index (χ1n) is 3.61. The van der Waals surface area contributed by atoms with Crippen LogP contribution in [-0.4, -0.2) is 39.8 Å². The Morgan fingerprint density at radius 3 is 2.82 bits per heavy atom. The number of hydrogen-bond acceptors (Lipinski definition) is 4. The standard InChI is InChI=1S/C6H14O4Si/c1-3-9-4-11-10-6(8)5(2)7/h5,7H,3-4,11H2,1-2H3. The second kappa shape index (κ2) is 6.33. The van der Waals surface area contributed by atoms with Crippen LogP contribution in [0, 0.1) is 0 Å². The summed E-state index contributed by atoms with van der Waals surface area (Å²) in [6.45, 7) is 3.90. The Kier molecular flexibility index (Phi) is 6.10. The fraction of sp³-hybridized carbons (Fsp3) is 0.833. The van der Waals surface area contributed by atoms with E-state index in [1.807, 2.05) is 6.92 Å². The molecule has 11 heavy (non-hydrogen) atoms. The lowest BCUT2D eigenvalue weighted by Gasteiger charge is -2.05. The van der Waals surface area contributed by atoms with E-state index in [1.165, 1.54) is 6.92 Å². The third kappa shape index (κ3) is 6.02. The Morgan fingerprint density at radius 1 is 1.73 bits per heavy atom. The Bertz CT molecular complexity index is 115. The smallest absolute Gasteiger partial charge is 0.321 e. The molecule has 0 fully saturated rings. The predicted molar refractivity (Wildman–Crippen MR) is 42.8 cm³/mol. The molecule has 0 amide bonds. The molecule has 0 bridgehead atoms. The minimum atomic E-state index is -1.01. The molecular formula is C6H14O4Si. The maximum atomic E-state index is 10.6. The van der Waals surface area contributed by atoms with Gasteiger partial charge in [-0.25, -0.2) is 0 Å². The summed E-state index contributed by atoms with van der Waals surface area (Å²) in [4.78, 5) is 10.6. The van der Waals surface area contributed by atoms with Crippen molar-refractivity contribution in [3.8, 4) is 0 Å². The molecule has 1 atom stereocenters. The molecule has 0 saturated carbocycles. The molecule has 0 spiro atoms. The lowest BCUT2D eigenvalue weighted by molar-refractivity contribution is -0.142. The summed E-state index contributed by atoms with van der Waals surface area (Å²) >= 11 is 0. The third-order valence-electron chi connectivity index (χ3n) is 1.02. The summed E-state index contributed by atoms with van der Waals surface area (Å²) in [5.41, 5.74) is 0. The first-order chi connectivity index (χ1) is 5.18. The average Bonchev–Trinajstić information content (AvgIpc) is 1.97. The van der Waals surface area contributed by atoms with Crippen LogP contribution in [0.25, 0.3) is 0 Å². The van der Waals surface area contributed by atoms with E-state index in [-0.39, 0.29) is 0 Å². The van der Waals surface area contributed by atoms with Crippen molar-refractivity contribution in [2.45, 2.75) is 20.0 Å². The summed E-state index contributed by atoms with van der Waals surface area (Å²) in [5.74, 6) is -0.545. The normalized spacial score (nSPS) is 13.7. The molecule has 5 heteroatoms. The number of carbonyl (C=O) groups excluding carboxylic acids is 1. The molecule has 0 aromatic rings. The van der Waals surface area contributed by atoms with E-state index in [4.69, 9.17) is 14.3 Å². The van der Waals surface area contributed by atoms with Crippen molar-refractivity contribution in [1.29, 1.82) is 0 Å². The van der Waals surface area contributed by atoms with E-state index >= 15 is 0 Å². The van der Waals surface area contributed by atoms with Crippen molar-refractivity contribution < 1.29 is 19.1 Å². The Morgan fingerprint density at radius 2 is 2.36 bits per heavy atom. The zero-order valence-corrected chi connectivity index (χ0v) is 8.28. The Hall–Kier alpha value is -0.393. The summed E-state index contributed by atoms with van der Waals surface area (Å²) < 4.78 is 9.70. The van der Waals surface area contributed by atoms with Gasteiger partial charge in [-0.1, -0.05) is 0 Å². The van der Waals surface area contributed by atoms with Gasteiger partial charge in [0.2, 0.25) is 9.76 Å². The van der Waals surface area contributed by atoms with Crippen LogP contribution in [0.15, 0.2) is 0 Å². The zero-order chi connectivity index (χ0) is 8.69. The van der Waals surface area contributed by atoms with E-state index in [1.54, 1.807) is 0 Å². The average molecular weight is 178 g/mol. The third-order valence-corrected chi connectivity index (χ3v) is 1.96. The van der Waals surface area contributed by atoms with Crippen molar-refractivity contribution in [3.63, 3.8) is 0 Å². The molecule has 66 valence electrons. The molecule has 0 heterocycles. The minimum absolute atomic E-state index is 0.523. The molecule has 0 aliphatic heterocycles. The van der Waals surface area contributed by atoms with Gasteiger partial charge in [0.05, 0.1) is 6.23 Å². The molecule has 0 radical (unpaired) electrons. The summed E-state index contributed by atoms with van der Waals surface area (Å²) in [6.07, 6.45) is -0.487. The second-order valence-electron chi connectivity index (χ2n) is 2.04. The number of rotatable bonds is 5. The van der Waals surface area contributed by atoms with E-state index in [0.29, 0.717) is 12.8 Å². The highest BCUT2D eigenvalue weighted by molar-refractivity contribution is 6.30. The highest BCUT2D eigenvalue weighted by atomic mass is 28.2. The van der Waals surface area contributed by atoms with Crippen molar-refractivity contribution in [3.05, 3.63) is 0 Å². The molecule has 4 nitrogen and oxygen atoms in total. The molecular weight excluding hydrogens is 164 g/mol. The van der Waals surface area contributed by atoms with Gasteiger partial charge in [0.1, 0.15) is 6.10 Å². The molecule has 0 aliphatic rings. The predicted octanol–water partition coefficient (Wildman–Crippen LogP) is -1.01. The maximum Gasteiger partial charge on any atom is 0.321 e. The van der Waals surface area contributed by atoms with Crippen LogP contribution in [0.2, 0.25) is 0 Å². The van der Waals surface area contributed by atoms with Crippen LogP contribution in [-0.2, 0) is 14.0 Å². The van der Waals surface area contributed by atoms with Gasteiger partial charge in [0.15, 0.2) is 0 Å². The van der Waals surface area contributed by atoms with Crippen LogP contribution in [0.3, 0.4) is 0 Å². The van der Waals surface area contributed by atoms with Crippen molar-refractivity contribution in [2.24, 2.45) is 0 Å². The quantitative estimate of drug-likeness (QED) is 0.433. The first-order valence-corrected chi connectivity index (χ1v) is 5.18. The van der Waals surface area contributed by atoms with Crippen LogP contribution in [0.1, 0.15) is 13.8 Å². The number of hydrogen-bond donors (Lipinski definition) is 1. The number of ether oxygens (including phenoxy) is 1. The largest absolute Gasteiger partial charge is 0.521 e. The summed E-state index contributed by atoms with van der Waals surface area (Å²) in [6, 6.07) is 0. The van der Waals surface area contributed by atoms with E-state index < -0.39 is 21.8 Å². The Balaban J connectivity index is 3.18. The topological polar surface area (TPSA) is 55.8 Å². The monoisotopic (exact) mass is 178 g/mol. The van der Waals surface area contributed by atoms with Crippen LogP contribution in [0.4, 0.5) is 0 Å². The number of carbonyl (C=O) groups is 1. The maximum absolute atomic E-state index is 10.6. The van der Waals surface area contributed by atoms with Gasteiger partial charge in [-0.05, 0) is 13.8 Å². The molecule has 0 aromatic carbocycles. The van der Waals surface area contributed by atoms with Crippen molar-refractivity contribution in [2.75, 3.05) is 12.8 Å². The highest BCUT2D eigenvalue weighted by Crippen LogP contribution is 1.84. The van der Waals surface area contributed by atoms with Gasteiger partial charge in [0.25, 0.3) is 0 Å². The molecule has 0 aliphatic carbocycles. The molecule has 0 saturated heterocycles. The lowest BCUT2D eigenvalue weighted by atomic mass is 10.4. The van der Waals surface area contributed by atoms with Gasteiger partial charge in [0, 0.05) is 6.61 Å². The van der Waals surface area contributed by atoms with Crippen molar-refractivity contribution >= 4 is 15.7 Å². The summed E-state index contributed by atoms with van der Waals surface area (Å²) in [5, 5.41) is 8.68. The van der Waals surface area contributed by atoms with Crippen LogP contribution < -0.4 is 0 Å². The van der Waals surface area contributed by atoms with Gasteiger partial charge in [-0.2, -0.15) is 0 Å². The molecule has 1 unspecified atom stereocenters. The number of aliphatic hydroxyl groups excluding tert-OH is 1. The van der Waals surface area contributed by atoms with E-state index in [2.05, 4.69) is 0 Å². The second-order valence-corrected chi connectivity index (χ2v) is 3.15. The number of aliphatic hydroxyl groups is 1. The van der Waals surface area contributed by atoms with Crippen molar-refractivity contribution in [1.82, 2.24) is 0 Å². The zero-order valence-electron chi connectivity index (χ0n) is 6.87. The van der Waals surface area contributed by atoms with Gasteiger partial charge in [-0.15, -0.1) is 0 Å². The minimum Gasteiger partial charge on any atom is -0.521 e. The molecule has 1 N–H and O–H groups in total. The van der Waals surface area contributed by atoms with Crippen LogP contribution in [0.5, 0.6) is 0 Å². The molecule has 0 aromatic heterocycles. The van der Waals surface area contributed by atoms with Gasteiger partial charge in [-0.3, -0.25) is 4.79 Å². The fourth-order valence-corrected chi connectivity index (χ4v) is 1.40. The highest BCUT2D eigenvalue weighted by Gasteiger charge is 2.08. The van der Waals surface area contributed by atoms with E-state index in [9.17, 15) is 4.79 Å². The van der Waals surface area contributed by atoms with Gasteiger partial charge >= 0.3 is 5.97 Å². The van der Waals surface area contributed by atoms with Gasteiger partial charge < -0.3 is 14.3 Å². The lowest BCUT2D eigenvalue weighted by Crippen LogP contribution is -2.23. The Labute approximate surface area is 68.4 Å². The summed E-state index contributed by atoms with van der Waals surface area (Å²) in [7, 11) is -0.922.